The molecule has 0 saturated heterocycles. The molecule has 0 radical (unpaired) electrons. The van der Waals surface area contributed by atoms with Gasteiger partial charge in [0.1, 0.15) is 5.76 Å². The minimum atomic E-state index is -0.374. The van der Waals surface area contributed by atoms with Gasteiger partial charge in [-0.15, -0.1) is 0 Å². The van der Waals surface area contributed by atoms with Gasteiger partial charge in [-0.05, 0) is 19.9 Å². The number of furan rings is 1. The summed E-state index contributed by atoms with van der Waals surface area (Å²) in [6.45, 7) is 5.09. The molecule has 1 amide bonds. The molecule has 4 N–H and O–H groups in total. The molecular weight excluding hydrogens is 222 g/mol. The first-order valence-corrected chi connectivity index (χ1v) is 5.52. The highest BCUT2D eigenvalue weighted by atomic mass is 16.3. The molecule has 17 heavy (non-hydrogen) atoms. The Bertz CT molecular complexity index is 363. The molecule has 0 aliphatic rings. The summed E-state index contributed by atoms with van der Waals surface area (Å²) in [5.41, 5.74) is 2.50. The maximum Gasteiger partial charge on any atom is 0.268 e. The Balaban J connectivity index is 2.79. The molecule has 0 spiro atoms. The highest BCUT2D eigenvalue weighted by Crippen LogP contribution is 2.14. The van der Waals surface area contributed by atoms with Crippen LogP contribution < -0.4 is 11.3 Å². The fourth-order valence-electron chi connectivity index (χ4n) is 1.58. The molecule has 1 aromatic rings. The SMILES string of the molecule is CC(C)N(CCO)Cc1occc1C(=O)NN. The first kappa shape index (κ1) is 13.7. The zero-order chi connectivity index (χ0) is 12.8. The minimum absolute atomic E-state index is 0.0668. The van der Waals surface area contributed by atoms with E-state index in [2.05, 4.69) is 5.43 Å². The van der Waals surface area contributed by atoms with Crippen LogP contribution in [-0.4, -0.2) is 35.1 Å². The number of nitrogens with zero attached hydrogens (tertiary/aromatic N) is 1. The first-order chi connectivity index (χ1) is 8.10. The van der Waals surface area contributed by atoms with Gasteiger partial charge in [-0.1, -0.05) is 0 Å². The van der Waals surface area contributed by atoms with Crippen LogP contribution in [0.3, 0.4) is 0 Å². The Morgan fingerprint density at radius 1 is 1.65 bits per heavy atom. The van der Waals surface area contributed by atoms with Gasteiger partial charge in [-0.3, -0.25) is 15.1 Å². The van der Waals surface area contributed by atoms with Crippen molar-refractivity contribution in [2.75, 3.05) is 13.2 Å². The number of hydrogen-bond donors (Lipinski definition) is 3. The fourth-order valence-corrected chi connectivity index (χ4v) is 1.58. The summed E-state index contributed by atoms with van der Waals surface area (Å²) < 4.78 is 5.27. The molecular formula is C11H19N3O3. The largest absolute Gasteiger partial charge is 0.467 e. The zero-order valence-corrected chi connectivity index (χ0v) is 10.1. The number of nitrogens with two attached hydrogens (primary N) is 1. The predicted octanol–water partition coefficient (Wildman–Crippen LogP) is 0.0858. The molecule has 1 aromatic heterocycles. The molecule has 0 aliphatic heterocycles. The number of carbonyl (C=O) groups is 1. The van der Waals surface area contributed by atoms with Crippen LogP contribution >= 0.6 is 0 Å². The molecule has 0 unspecified atom stereocenters. The molecule has 0 aromatic carbocycles. The van der Waals surface area contributed by atoms with E-state index in [0.29, 0.717) is 24.4 Å². The van der Waals surface area contributed by atoms with E-state index in [0.717, 1.165) is 0 Å². The van der Waals surface area contributed by atoms with Crippen molar-refractivity contribution in [1.29, 1.82) is 0 Å². The average Bonchev–Trinajstić information content (AvgIpc) is 2.75. The lowest BCUT2D eigenvalue weighted by Crippen LogP contribution is -2.34. The van der Waals surface area contributed by atoms with Crippen molar-refractivity contribution in [1.82, 2.24) is 10.3 Å². The number of rotatable bonds is 6. The highest BCUT2D eigenvalue weighted by molar-refractivity contribution is 5.94. The van der Waals surface area contributed by atoms with Crippen LogP contribution in [0.1, 0.15) is 30.0 Å². The van der Waals surface area contributed by atoms with Crippen LogP contribution in [0.5, 0.6) is 0 Å². The van der Waals surface area contributed by atoms with E-state index >= 15 is 0 Å². The van der Waals surface area contributed by atoms with Crippen molar-refractivity contribution in [3.8, 4) is 0 Å². The van der Waals surface area contributed by atoms with Crippen LogP contribution in [0.25, 0.3) is 0 Å². The van der Waals surface area contributed by atoms with Crippen LogP contribution in [0.15, 0.2) is 16.7 Å². The zero-order valence-electron chi connectivity index (χ0n) is 10.1. The molecule has 0 fully saturated rings. The molecule has 0 saturated carbocycles. The summed E-state index contributed by atoms with van der Waals surface area (Å²) >= 11 is 0. The van der Waals surface area contributed by atoms with E-state index < -0.39 is 0 Å². The summed E-state index contributed by atoms with van der Waals surface area (Å²) in [7, 11) is 0. The number of carbonyl (C=O) groups excluding carboxylic acids is 1. The van der Waals surface area contributed by atoms with Crippen LogP contribution in [0.4, 0.5) is 0 Å². The highest BCUT2D eigenvalue weighted by Gasteiger charge is 2.18. The Labute approximate surface area is 100 Å². The molecule has 0 bridgehead atoms. The van der Waals surface area contributed by atoms with Gasteiger partial charge in [0.05, 0.1) is 25.0 Å². The van der Waals surface area contributed by atoms with Crippen molar-refractivity contribution in [2.24, 2.45) is 5.84 Å². The van der Waals surface area contributed by atoms with Gasteiger partial charge in [0.2, 0.25) is 0 Å². The Morgan fingerprint density at radius 3 is 2.88 bits per heavy atom. The van der Waals surface area contributed by atoms with Crippen molar-refractivity contribution in [3.63, 3.8) is 0 Å². The van der Waals surface area contributed by atoms with Gasteiger partial charge in [0.15, 0.2) is 0 Å². The molecule has 96 valence electrons. The lowest BCUT2D eigenvalue weighted by Gasteiger charge is -2.24. The second kappa shape index (κ2) is 6.39. The molecule has 0 atom stereocenters. The second-order valence-electron chi connectivity index (χ2n) is 4.02. The third-order valence-electron chi connectivity index (χ3n) is 2.59. The van der Waals surface area contributed by atoms with Gasteiger partial charge < -0.3 is 9.52 Å². The maximum atomic E-state index is 11.4. The van der Waals surface area contributed by atoms with E-state index in [4.69, 9.17) is 15.4 Å². The maximum absolute atomic E-state index is 11.4. The summed E-state index contributed by atoms with van der Waals surface area (Å²) in [6.07, 6.45) is 1.46. The van der Waals surface area contributed by atoms with Crippen molar-refractivity contribution >= 4 is 5.91 Å². The molecule has 6 nitrogen and oxygen atoms in total. The quantitative estimate of drug-likeness (QED) is 0.373. The number of aliphatic hydroxyl groups is 1. The van der Waals surface area contributed by atoms with Crippen LogP contribution in [-0.2, 0) is 6.54 Å². The molecule has 0 aliphatic carbocycles. The van der Waals surface area contributed by atoms with Crippen LogP contribution in [0, 0.1) is 0 Å². The number of hydrogen-bond acceptors (Lipinski definition) is 5. The second-order valence-corrected chi connectivity index (χ2v) is 4.02. The molecule has 1 rings (SSSR count). The Morgan fingerprint density at radius 2 is 2.35 bits per heavy atom. The Hall–Kier alpha value is -1.37. The van der Waals surface area contributed by atoms with Crippen molar-refractivity contribution in [2.45, 2.75) is 26.4 Å². The first-order valence-electron chi connectivity index (χ1n) is 5.52. The Kier molecular flexibility index (Phi) is 5.14. The number of hydrazine groups is 1. The van der Waals surface area contributed by atoms with E-state index in [1.807, 2.05) is 18.7 Å². The van der Waals surface area contributed by atoms with Gasteiger partial charge >= 0.3 is 0 Å². The third-order valence-corrected chi connectivity index (χ3v) is 2.59. The van der Waals surface area contributed by atoms with Crippen molar-refractivity contribution in [3.05, 3.63) is 23.7 Å². The molecule has 6 heteroatoms. The van der Waals surface area contributed by atoms with E-state index in [1.165, 1.54) is 6.26 Å². The topological polar surface area (TPSA) is 91.7 Å². The van der Waals surface area contributed by atoms with Crippen molar-refractivity contribution < 1.29 is 14.3 Å². The predicted molar refractivity (Wildman–Crippen MR) is 63.0 cm³/mol. The van der Waals surface area contributed by atoms with Crippen LogP contribution in [0.2, 0.25) is 0 Å². The standard InChI is InChI=1S/C11H19N3O3/c1-8(2)14(4-5-15)7-10-9(3-6-17-10)11(16)13-12/h3,6,8,15H,4-5,7,12H2,1-2H3,(H,13,16). The summed E-state index contributed by atoms with van der Waals surface area (Å²) in [5.74, 6) is 5.26. The third kappa shape index (κ3) is 3.55. The van der Waals surface area contributed by atoms with Gasteiger partial charge in [-0.2, -0.15) is 0 Å². The monoisotopic (exact) mass is 241 g/mol. The lowest BCUT2D eigenvalue weighted by molar-refractivity contribution is 0.0947. The lowest BCUT2D eigenvalue weighted by atomic mass is 10.2. The van der Waals surface area contributed by atoms with Gasteiger partial charge in [0, 0.05) is 12.6 Å². The van der Waals surface area contributed by atoms with E-state index in [-0.39, 0.29) is 18.6 Å². The normalized spacial score (nSPS) is 11.2. The number of aliphatic hydroxyl groups excluding tert-OH is 1. The summed E-state index contributed by atoms with van der Waals surface area (Å²) in [6, 6.07) is 1.83. The van der Waals surface area contributed by atoms with Gasteiger partial charge in [0.25, 0.3) is 5.91 Å². The number of nitrogen functional groups attached to an aromatic ring is 1. The summed E-state index contributed by atoms with van der Waals surface area (Å²) in [5, 5.41) is 8.97. The molecule has 1 heterocycles. The average molecular weight is 241 g/mol. The van der Waals surface area contributed by atoms with Gasteiger partial charge in [-0.25, -0.2) is 5.84 Å². The number of amides is 1. The van der Waals surface area contributed by atoms with E-state index in [1.54, 1.807) is 6.07 Å². The summed E-state index contributed by atoms with van der Waals surface area (Å²) in [4.78, 5) is 13.4. The smallest absolute Gasteiger partial charge is 0.268 e. The number of nitrogens with one attached hydrogen (secondary N) is 1. The minimum Gasteiger partial charge on any atom is -0.467 e. The fraction of sp³-hybridized carbons (Fsp3) is 0.545. The van der Waals surface area contributed by atoms with E-state index in [9.17, 15) is 4.79 Å².